The van der Waals surface area contributed by atoms with Gasteiger partial charge < -0.3 is 5.32 Å². The molecule has 0 radical (unpaired) electrons. The molecule has 1 aromatic heterocycles. The van der Waals surface area contributed by atoms with Crippen molar-refractivity contribution >= 4 is 21.6 Å². The largest absolute Gasteiger partial charge is 0.308 e. The summed E-state index contributed by atoms with van der Waals surface area (Å²) in [4.78, 5) is 18.3. The fraction of sp³-hybridized carbons (Fsp3) is 0.387. The smallest absolute Gasteiger partial charge is 0.108 e. The van der Waals surface area contributed by atoms with Crippen LogP contribution in [0.2, 0.25) is 0 Å². The zero-order valence-corrected chi connectivity index (χ0v) is 22.4. The third-order valence-electron chi connectivity index (χ3n) is 7.87. The maximum atomic E-state index is 5.59. The lowest BCUT2D eigenvalue weighted by Gasteiger charge is -2.39. The van der Waals surface area contributed by atoms with Crippen molar-refractivity contribution in [1.29, 1.82) is 0 Å². The van der Waals surface area contributed by atoms with Crippen LogP contribution in [-0.4, -0.2) is 41.2 Å². The van der Waals surface area contributed by atoms with Crippen LogP contribution in [0.3, 0.4) is 0 Å². The van der Waals surface area contributed by atoms with E-state index >= 15 is 0 Å². The minimum absolute atomic E-state index is 0.0328. The Morgan fingerprint density at radius 3 is 2.43 bits per heavy atom. The Hall–Kier alpha value is -2.61. The van der Waals surface area contributed by atoms with Gasteiger partial charge in [-0.05, 0) is 67.1 Å². The molecule has 2 fully saturated rings. The summed E-state index contributed by atoms with van der Waals surface area (Å²) in [6.07, 6.45) is 1.29. The molecular weight excluding hydrogens is 478 g/mol. The predicted molar refractivity (Wildman–Crippen MR) is 149 cm³/mol. The minimum atomic E-state index is 0.0328. The molecule has 192 valence electrons. The number of hydrogen-bond donors (Lipinski definition) is 1. The number of thiazole rings is 1. The van der Waals surface area contributed by atoms with Gasteiger partial charge in [-0.15, -0.1) is 11.3 Å². The van der Waals surface area contributed by atoms with Crippen LogP contribution in [0.15, 0.2) is 78.3 Å². The summed E-state index contributed by atoms with van der Waals surface area (Å²) in [6.45, 7) is 7.53. The van der Waals surface area contributed by atoms with E-state index in [-0.39, 0.29) is 6.10 Å². The molecule has 6 rings (SSSR count). The average Bonchev–Trinajstić information content (AvgIpc) is 3.65. The van der Waals surface area contributed by atoms with E-state index in [0.29, 0.717) is 30.5 Å². The molecule has 1 N–H and O–H groups in total. The molecule has 37 heavy (non-hydrogen) atoms. The van der Waals surface area contributed by atoms with E-state index in [4.69, 9.17) is 9.78 Å². The Bertz CT molecular complexity index is 1270. The van der Waals surface area contributed by atoms with Crippen LogP contribution < -0.4 is 5.32 Å². The highest BCUT2D eigenvalue weighted by Crippen LogP contribution is 2.43. The van der Waals surface area contributed by atoms with Crippen LogP contribution >= 0.6 is 11.3 Å². The molecular formula is C31H35N3O2S. The van der Waals surface area contributed by atoms with Crippen molar-refractivity contribution in [3.05, 3.63) is 101 Å². The molecule has 3 heterocycles. The van der Waals surface area contributed by atoms with Crippen molar-refractivity contribution in [2.45, 2.75) is 57.5 Å². The van der Waals surface area contributed by atoms with E-state index in [1.807, 2.05) is 19.4 Å². The number of nitrogens with one attached hydrogen (secondary N) is 1. The lowest BCUT2D eigenvalue weighted by atomic mass is 9.78. The van der Waals surface area contributed by atoms with Crippen molar-refractivity contribution in [2.24, 2.45) is 5.92 Å². The quantitative estimate of drug-likeness (QED) is 0.204. The van der Waals surface area contributed by atoms with E-state index < -0.39 is 0 Å². The standard InChI is InChI=1S/C31H35N3O2S/c1-21(2)36-35-19-26-16-28-27(33-20-37-28)15-25(26)17-32-30-24-13-14-34(18-24)31(30)29(22-9-5-3-6-10-22)23-11-7-4-8-12-23/h3-12,15-16,20-21,24,29-32H,13-14,17-19H2,1-2H3. The molecule has 3 aromatic carbocycles. The van der Waals surface area contributed by atoms with Gasteiger partial charge in [0.1, 0.15) is 6.61 Å². The van der Waals surface area contributed by atoms with Gasteiger partial charge in [-0.3, -0.25) is 4.90 Å². The van der Waals surface area contributed by atoms with Crippen LogP contribution in [0.1, 0.15) is 48.4 Å². The molecule has 0 saturated carbocycles. The zero-order chi connectivity index (χ0) is 25.2. The second-order valence-corrected chi connectivity index (χ2v) is 11.5. The fourth-order valence-corrected chi connectivity index (χ4v) is 6.97. The lowest BCUT2D eigenvalue weighted by molar-refractivity contribution is -0.325. The molecule has 4 atom stereocenters. The summed E-state index contributed by atoms with van der Waals surface area (Å²) >= 11 is 1.67. The van der Waals surface area contributed by atoms with Crippen molar-refractivity contribution in [3.8, 4) is 0 Å². The van der Waals surface area contributed by atoms with E-state index in [9.17, 15) is 0 Å². The maximum absolute atomic E-state index is 5.59. The highest BCUT2D eigenvalue weighted by Gasteiger charge is 2.49. The highest BCUT2D eigenvalue weighted by molar-refractivity contribution is 7.16. The van der Waals surface area contributed by atoms with Gasteiger partial charge in [-0.1, -0.05) is 60.7 Å². The normalized spacial score (nSPS) is 23.0. The molecule has 4 unspecified atom stereocenters. The van der Waals surface area contributed by atoms with E-state index in [1.54, 1.807) is 11.3 Å². The van der Waals surface area contributed by atoms with Gasteiger partial charge in [0.25, 0.3) is 0 Å². The second-order valence-electron chi connectivity index (χ2n) is 10.6. The lowest BCUT2D eigenvalue weighted by Crippen LogP contribution is -2.51. The Kier molecular flexibility index (Phi) is 7.36. The molecule has 2 aliphatic heterocycles. The van der Waals surface area contributed by atoms with Gasteiger partial charge >= 0.3 is 0 Å². The maximum Gasteiger partial charge on any atom is 0.108 e. The Labute approximate surface area is 223 Å². The zero-order valence-electron chi connectivity index (χ0n) is 21.5. The van der Waals surface area contributed by atoms with Gasteiger partial charge in [0.2, 0.25) is 0 Å². The minimum Gasteiger partial charge on any atom is -0.308 e. The van der Waals surface area contributed by atoms with E-state index in [2.05, 4.69) is 88.0 Å². The molecule has 5 nitrogen and oxygen atoms in total. The van der Waals surface area contributed by atoms with E-state index in [1.165, 1.54) is 40.9 Å². The Morgan fingerprint density at radius 2 is 1.73 bits per heavy atom. The molecule has 2 bridgehead atoms. The molecule has 4 aromatic rings. The number of hydrogen-bond acceptors (Lipinski definition) is 6. The van der Waals surface area contributed by atoms with Crippen molar-refractivity contribution in [1.82, 2.24) is 15.2 Å². The van der Waals surface area contributed by atoms with Gasteiger partial charge in [0.05, 0.1) is 21.8 Å². The molecule has 2 aliphatic rings. The third kappa shape index (κ3) is 5.22. The number of nitrogens with zero attached hydrogens (tertiary/aromatic N) is 2. The van der Waals surface area contributed by atoms with Crippen LogP contribution in [0.25, 0.3) is 10.2 Å². The first-order valence-electron chi connectivity index (χ1n) is 13.4. The van der Waals surface area contributed by atoms with Gasteiger partial charge in [-0.25, -0.2) is 14.8 Å². The first-order valence-corrected chi connectivity index (χ1v) is 14.3. The molecule has 2 saturated heterocycles. The number of fused-ring (bicyclic) bond motifs is 3. The van der Waals surface area contributed by atoms with Crippen molar-refractivity contribution < 1.29 is 9.78 Å². The molecule has 6 heteroatoms. The molecule has 0 amide bonds. The topological polar surface area (TPSA) is 46.6 Å². The van der Waals surface area contributed by atoms with Crippen LogP contribution in [-0.2, 0) is 22.9 Å². The highest BCUT2D eigenvalue weighted by atomic mass is 32.1. The van der Waals surface area contributed by atoms with Crippen LogP contribution in [0.4, 0.5) is 0 Å². The monoisotopic (exact) mass is 513 g/mol. The van der Waals surface area contributed by atoms with Crippen LogP contribution in [0, 0.1) is 5.92 Å². The summed E-state index contributed by atoms with van der Waals surface area (Å²) in [5.41, 5.74) is 8.14. The number of benzene rings is 3. The fourth-order valence-electron chi connectivity index (χ4n) is 6.25. The first kappa shape index (κ1) is 24.7. The summed E-state index contributed by atoms with van der Waals surface area (Å²) in [5.74, 6) is 0.986. The molecule has 0 aliphatic carbocycles. The summed E-state index contributed by atoms with van der Waals surface area (Å²) in [7, 11) is 0. The van der Waals surface area contributed by atoms with E-state index in [0.717, 1.165) is 17.6 Å². The Morgan fingerprint density at radius 1 is 1.00 bits per heavy atom. The predicted octanol–water partition coefficient (Wildman–Crippen LogP) is 6.15. The number of aromatic nitrogens is 1. The number of rotatable bonds is 10. The number of piperidine rings is 1. The molecule has 0 spiro atoms. The SMILES string of the molecule is CC(C)OOCc1cc2scnc2cc1CNC1C2CCN(C2)C1C(c1ccccc1)c1ccccc1. The summed E-state index contributed by atoms with van der Waals surface area (Å²) in [5, 5.41) is 4.03. The summed E-state index contributed by atoms with van der Waals surface area (Å²) in [6, 6.07) is 27.3. The van der Waals surface area contributed by atoms with Crippen molar-refractivity contribution in [3.63, 3.8) is 0 Å². The van der Waals surface area contributed by atoms with Gasteiger partial charge in [0, 0.05) is 31.1 Å². The van der Waals surface area contributed by atoms with Crippen LogP contribution in [0.5, 0.6) is 0 Å². The van der Waals surface area contributed by atoms with Gasteiger partial charge in [-0.2, -0.15) is 0 Å². The Balaban J connectivity index is 1.29. The van der Waals surface area contributed by atoms with Crippen molar-refractivity contribution in [2.75, 3.05) is 13.1 Å². The van der Waals surface area contributed by atoms with Gasteiger partial charge in [0.15, 0.2) is 0 Å². The average molecular weight is 514 g/mol. The third-order valence-corrected chi connectivity index (χ3v) is 8.66. The second kappa shape index (κ2) is 11.0. The summed E-state index contributed by atoms with van der Waals surface area (Å²) < 4.78 is 1.18. The first-order chi connectivity index (χ1) is 18.2.